The molecule has 1 saturated carbocycles. The summed E-state index contributed by atoms with van der Waals surface area (Å²) in [6.45, 7) is 1.15. The summed E-state index contributed by atoms with van der Waals surface area (Å²) in [6.07, 6.45) is 2.18. The molecule has 2 aliphatic rings. The highest BCUT2D eigenvalue weighted by molar-refractivity contribution is 5.74. The number of para-hydroxylation sites is 1. The number of urea groups is 1. The van der Waals surface area contributed by atoms with E-state index in [-0.39, 0.29) is 17.8 Å². The second-order valence-corrected chi connectivity index (χ2v) is 6.74. The van der Waals surface area contributed by atoms with E-state index >= 15 is 0 Å². The smallest absolute Gasteiger partial charge is 0.317 e. The fourth-order valence-electron chi connectivity index (χ4n) is 3.15. The van der Waals surface area contributed by atoms with Crippen molar-refractivity contribution >= 4 is 11.7 Å². The molecule has 7 heteroatoms. The lowest BCUT2D eigenvalue weighted by atomic mass is 10.2. The first-order chi connectivity index (χ1) is 11.5. The van der Waals surface area contributed by atoms with Gasteiger partial charge in [0.1, 0.15) is 17.3 Å². The largest absolute Gasteiger partial charge is 0.391 e. The monoisotopic (exact) mass is 339 g/mol. The van der Waals surface area contributed by atoms with Crippen molar-refractivity contribution in [3.63, 3.8) is 0 Å². The van der Waals surface area contributed by atoms with Gasteiger partial charge in [0.15, 0.2) is 0 Å². The minimum atomic E-state index is -0.591. The number of carbonyl (C=O) groups excluding carboxylic acids is 1. The number of rotatable bonds is 5. The third kappa shape index (κ3) is 3.77. The van der Waals surface area contributed by atoms with Crippen molar-refractivity contribution in [2.24, 2.45) is 5.92 Å². The number of halogens is 2. The minimum absolute atomic E-state index is 0.0354. The van der Waals surface area contributed by atoms with Crippen LogP contribution in [0.5, 0.6) is 0 Å². The average molecular weight is 339 g/mol. The van der Waals surface area contributed by atoms with Gasteiger partial charge in [-0.25, -0.2) is 13.6 Å². The van der Waals surface area contributed by atoms with Crippen LogP contribution in [-0.4, -0.2) is 54.9 Å². The Morgan fingerprint density at radius 1 is 1.38 bits per heavy atom. The van der Waals surface area contributed by atoms with E-state index in [9.17, 15) is 18.7 Å². The Balaban J connectivity index is 1.53. The van der Waals surface area contributed by atoms with Crippen LogP contribution in [0.15, 0.2) is 18.2 Å². The summed E-state index contributed by atoms with van der Waals surface area (Å²) in [5, 5.41) is 12.8. The topological polar surface area (TPSA) is 55.8 Å². The molecular weight excluding hydrogens is 316 g/mol. The molecule has 2 fully saturated rings. The van der Waals surface area contributed by atoms with Crippen molar-refractivity contribution < 1.29 is 18.7 Å². The van der Waals surface area contributed by atoms with E-state index in [0.29, 0.717) is 32.0 Å². The summed E-state index contributed by atoms with van der Waals surface area (Å²) in [5.41, 5.74) is -0.0354. The molecule has 0 bridgehead atoms. The average Bonchev–Trinajstić information content (AvgIpc) is 3.29. The molecule has 1 heterocycles. The number of carbonyl (C=O) groups is 1. The molecule has 1 aliphatic carbocycles. The van der Waals surface area contributed by atoms with E-state index in [4.69, 9.17) is 0 Å². The zero-order chi connectivity index (χ0) is 17.3. The molecule has 1 aliphatic heterocycles. The zero-order valence-corrected chi connectivity index (χ0v) is 13.7. The van der Waals surface area contributed by atoms with Gasteiger partial charge < -0.3 is 20.2 Å². The van der Waals surface area contributed by atoms with Crippen molar-refractivity contribution in [3.05, 3.63) is 29.8 Å². The molecule has 2 unspecified atom stereocenters. The third-order valence-electron chi connectivity index (χ3n) is 4.74. The highest BCUT2D eigenvalue weighted by Crippen LogP contribution is 2.32. The number of amides is 2. The van der Waals surface area contributed by atoms with Crippen molar-refractivity contribution in [1.82, 2.24) is 10.2 Å². The highest BCUT2D eigenvalue weighted by atomic mass is 19.1. The number of aliphatic hydroxyl groups is 1. The third-order valence-corrected chi connectivity index (χ3v) is 4.74. The molecule has 24 heavy (non-hydrogen) atoms. The normalized spacial score (nSPS) is 21.7. The van der Waals surface area contributed by atoms with E-state index in [1.165, 1.54) is 23.1 Å². The first kappa shape index (κ1) is 17.0. The van der Waals surface area contributed by atoms with Crippen molar-refractivity contribution in [1.29, 1.82) is 0 Å². The Bertz CT molecular complexity index is 589. The molecule has 0 aromatic heterocycles. The number of aliphatic hydroxyl groups excluding tert-OH is 1. The number of hydrogen-bond donors (Lipinski definition) is 2. The lowest BCUT2D eigenvalue weighted by molar-refractivity contribution is 0.113. The quantitative estimate of drug-likeness (QED) is 0.862. The van der Waals surface area contributed by atoms with Gasteiger partial charge in [0.05, 0.1) is 6.10 Å². The van der Waals surface area contributed by atoms with Gasteiger partial charge in [-0.3, -0.25) is 0 Å². The first-order valence-corrected chi connectivity index (χ1v) is 8.34. The van der Waals surface area contributed by atoms with Crippen LogP contribution in [0.2, 0.25) is 0 Å². The maximum absolute atomic E-state index is 13.8. The van der Waals surface area contributed by atoms with Crippen LogP contribution in [0, 0.1) is 17.6 Å². The number of likely N-dealkylation sites (N-methyl/N-ethyl adjacent to an activating group) is 1. The van der Waals surface area contributed by atoms with Crippen molar-refractivity contribution in [2.75, 3.05) is 31.6 Å². The van der Waals surface area contributed by atoms with Gasteiger partial charge in [0, 0.05) is 32.7 Å². The van der Waals surface area contributed by atoms with Crippen LogP contribution in [0.4, 0.5) is 19.3 Å². The zero-order valence-electron chi connectivity index (χ0n) is 13.7. The molecule has 3 rings (SSSR count). The predicted octanol–water partition coefficient (Wildman–Crippen LogP) is 1.96. The summed E-state index contributed by atoms with van der Waals surface area (Å²) in [4.78, 5) is 15.3. The van der Waals surface area contributed by atoms with E-state index in [2.05, 4.69) is 5.32 Å². The van der Waals surface area contributed by atoms with Crippen LogP contribution >= 0.6 is 0 Å². The van der Waals surface area contributed by atoms with Crippen LogP contribution < -0.4 is 10.2 Å². The van der Waals surface area contributed by atoms with Crippen LogP contribution in [-0.2, 0) is 0 Å². The second kappa shape index (κ2) is 6.93. The molecule has 132 valence electrons. The molecule has 5 nitrogen and oxygen atoms in total. The maximum atomic E-state index is 13.8. The van der Waals surface area contributed by atoms with Gasteiger partial charge in [-0.1, -0.05) is 6.07 Å². The Morgan fingerprint density at radius 3 is 2.67 bits per heavy atom. The Kier molecular flexibility index (Phi) is 4.89. The van der Waals surface area contributed by atoms with Crippen LogP contribution in [0.3, 0.4) is 0 Å². The van der Waals surface area contributed by atoms with Gasteiger partial charge in [0.2, 0.25) is 0 Å². The van der Waals surface area contributed by atoms with Crippen LogP contribution in [0.25, 0.3) is 0 Å². The Hall–Kier alpha value is -1.89. The SMILES string of the molecule is CN(CC(O)C1CC1)C(=O)NC1CCN(c2c(F)cccc2F)C1. The summed E-state index contributed by atoms with van der Waals surface area (Å²) in [5.74, 6) is -0.871. The second-order valence-electron chi connectivity index (χ2n) is 6.74. The summed E-state index contributed by atoms with van der Waals surface area (Å²) < 4.78 is 27.7. The highest BCUT2D eigenvalue weighted by Gasteiger charge is 2.32. The van der Waals surface area contributed by atoms with E-state index < -0.39 is 17.7 Å². The molecule has 1 aromatic rings. The van der Waals surface area contributed by atoms with Gasteiger partial charge in [0.25, 0.3) is 0 Å². The van der Waals surface area contributed by atoms with E-state index in [0.717, 1.165) is 12.8 Å². The number of nitrogens with zero attached hydrogens (tertiary/aromatic N) is 2. The number of hydrogen-bond acceptors (Lipinski definition) is 3. The maximum Gasteiger partial charge on any atom is 0.317 e. The molecule has 2 amide bonds. The molecule has 0 radical (unpaired) electrons. The predicted molar refractivity (Wildman–Crippen MR) is 86.9 cm³/mol. The fourth-order valence-corrected chi connectivity index (χ4v) is 3.15. The summed E-state index contributed by atoms with van der Waals surface area (Å²) in [6, 6.07) is 3.37. The van der Waals surface area contributed by atoms with Gasteiger partial charge in [-0.15, -0.1) is 0 Å². The molecule has 2 atom stereocenters. The summed E-state index contributed by atoms with van der Waals surface area (Å²) in [7, 11) is 1.64. The fraction of sp³-hybridized carbons (Fsp3) is 0.588. The van der Waals surface area contributed by atoms with Gasteiger partial charge >= 0.3 is 6.03 Å². The number of benzene rings is 1. The molecular formula is C17H23F2N3O2. The number of anilines is 1. The van der Waals surface area contributed by atoms with E-state index in [1.54, 1.807) is 11.9 Å². The Labute approximate surface area is 140 Å². The minimum Gasteiger partial charge on any atom is -0.391 e. The molecule has 0 spiro atoms. The summed E-state index contributed by atoms with van der Waals surface area (Å²) >= 11 is 0. The molecule has 1 aromatic carbocycles. The van der Waals surface area contributed by atoms with E-state index in [1.807, 2.05) is 0 Å². The molecule has 1 saturated heterocycles. The van der Waals surface area contributed by atoms with Crippen LogP contribution in [0.1, 0.15) is 19.3 Å². The van der Waals surface area contributed by atoms with Crippen molar-refractivity contribution in [3.8, 4) is 0 Å². The lowest BCUT2D eigenvalue weighted by Gasteiger charge is -2.24. The van der Waals surface area contributed by atoms with Gasteiger partial charge in [-0.05, 0) is 37.3 Å². The van der Waals surface area contributed by atoms with Crippen molar-refractivity contribution in [2.45, 2.75) is 31.4 Å². The van der Waals surface area contributed by atoms with Gasteiger partial charge in [-0.2, -0.15) is 0 Å². The number of nitrogens with one attached hydrogen (secondary N) is 1. The Morgan fingerprint density at radius 2 is 2.04 bits per heavy atom. The lowest BCUT2D eigenvalue weighted by Crippen LogP contribution is -2.46. The standard InChI is InChI=1S/C17H23F2N3O2/c1-21(10-15(23)11-5-6-11)17(24)20-12-7-8-22(9-12)16-13(18)3-2-4-14(16)19/h2-4,11-12,15,23H,5-10H2,1H3,(H,20,24). The molecule has 2 N–H and O–H groups in total. The first-order valence-electron chi connectivity index (χ1n) is 8.34.